The molecule has 0 N–H and O–H groups in total. The van der Waals surface area contributed by atoms with Crippen LogP contribution in [-0.2, 0) is 9.05 Å². The first-order valence-electron chi connectivity index (χ1n) is 2.99. The summed E-state index contributed by atoms with van der Waals surface area (Å²) in [5.74, 6) is 0. The Morgan fingerprint density at radius 1 is 1.42 bits per heavy atom. The van der Waals surface area contributed by atoms with Crippen LogP contribution in [0.2, 0.25) is 0 Å². The minimum absolute atomic E-state index is 0.0139. The van der Waals surface area contributed by atoms with Crippen molar-refractivity contribution in [3.8, 4) is 0 Å². The van der Waals surface area contributed by atoms with Gasteiger partial charge in [0.15, 0.2) is 0 Å². The van der Waals surface area contributed by atoms with Gasteiger partial charge in [-0.2, -0.15) is 0 Å². The fourth-order valence-corrected chi connectivity index (χ4v) is 1.47. The molecule has 0 spiro atoms. The van der Waals surface area contributed by atoms with E-state index in [1.165, 1.54) is 24.5 Å². The predicted octanol–water partition coefficient (Wildman–Crippen LogP) is 1.62. The molecule has 0 saturated heterocycles. The zero-order valence-corrected chi connectivity index (χ0v) is 7.39. The van der Waals surface area contributed by atoms with Crippen LogP contribution in [0.1, 0.15) is 11.1 Å². The fraction of sp³-hybridized carbons (Fsp3) is 0.167. The summed E-state index contributed by atoms with van der Waals surface area (Å²) in [5.41, 5.74) is -2.19. The lowest BCUT2D eigenvalue weighted by atomic mass is 10.3. The van der Waals surface area contributed by atoms with Gasteiger partial charge >= 0.3 is 0 Å². The number of hydrogen-bond acceptors (Lipinski definition) is 3. The van der Waals surface area contributed by atoms with Gasteiger partial charge in [0.05, 0.1) is 0 Å². The molecule has 1 atom stereocenters. The van der Waals surface area contributed by atoms with Crippen LogP contribution >= 0.6 is 10.7 Å². The van der Waals surface area contributed by atoms with E-state index >= 15 is 0 Å². The molecule has 3 nitrogen and oxygen atoms in total. The number of hydrogen-bond donors (Lipinski definition) is 0. The van der Waals surface area contributed by atoms with Crippen LogP contribution < -0.4 is 0 Å². The minimum Gasteiger partial charge on any atom is -0.265 e. The average Bonchev–Trinajstić information content (AvgIpc) is 2.03. The largest absolute Gasteiger partial charge is 0.269 e. The van der Waals surface area contributed by atoms with Crippen molar-refractivity contribution in [2.45, 2.75) is 5.50 Å². The number of halogens is 2. The average molecular weight is 210 g/mol. The third kappa shape index (κ3) is 2.15. The van der Waals surface area contributed by atoms with Gasteiger partial charge in [0.25, 0.3) is 9.05 Å². The molecule has 0 saturated carbocycles. The van der Waals surface area contributed by atoms with Gasteiger partial charge in [-0.25, -0.2) is 12.8 Å². The smallest absolute Gasteiger partial charge is 0.265 e. The van der Waals surface area contributed by atoms with E-state index in [0.717, 1.165) is 0 Å². The summed E-state index contributed by atoms with van der Waals surface area (Å²) >= 11 is 0. The van der Waals surface area contributed by atoms with Crippen LogP contribution in [0.5, 0.6) is 0 Å². The standard InChI is InChI=1S/C6H5ClFNO2S/c7-12(10,11)6(8)5-1-3-9-4-2-5/h1-4,6H. The second kappa shape index (κ2) is 3.37. The first-order valence-corrected chi connectivity index (χ1v) is 5.36. The molecule has 1 rings (SSSR count). The minimum atomic E-state index is -4.18. The molecule has 12 heavy (non-hydrogen) atoms. The third-order valence-electron chi connectivity index (χ3n) is 1.22. The van der Waals surface area contributed by atoms with Crippen LogP contribution in [0.3, 0.4) is 0 Å². The van der Waals surface area contributed by atoms with Crippen molar-refractivity contribution in [1.82, 2.24) is 4.98 Å². The summed E-state index contributed by atoms with van der Waals surface area (Å²) in [7, 11) is 0.617. The van der Waals surface area contributed by atoms with Gasteiger partial charge < -0.3 is 0 Å². The van der Waals surface area contributed by atoms with Crippen LogP contribution in [0.25, 0.3) is 0 Å². The van der Waals surface area contributed by atoms with Crippen molar-refractivity contribution in [3.05, 3.63) is 30.1 Å². The van der Waals surface area contributed by atoms with Crippen LogP contribution in [-0.4, -0.2) is 13.4 Å². The molecule has 1 aromatic heterocycles. The molecule has 1 aromatic rings. The lowest BCUT2D eigenvalue weighted by Crippen LogP contribution is -2.00. The highest BCUT2D eigenvalue weighted by atomic mass is 35.7. The Kier molecular flexibility index (Phi) is 2.64. The van der Waals surface area contributed by atoms with E-state index in [9.17, 15) is 12.8 Å². The molecule has 6 heteroatoms. The Balaban J connectivity index is 3.02. The maximum atomic E-state index is 12.9. The van der Waals surface area contributed by atoms with E-state index in [1.54, 1.807) is 0 Å². The summed E-state index contributed by atoms with van der Waals surface area (Å²) in [6.45, 7) is 0. The monoisotopic (exact) mass is 209 g/mol. The second-order valence-electron chi connectivity index (χ2n) is 2.07. The molecule has 0 aliphatic carbocycles. The van der Waals surface area contributed by atoms with Crippen LogP contribution in [0, 0.1) is 0 Å². The van der Waals surface area contributed by atoms with Crippen molar-refractivity contribution in [3.63, 3.8) is 0 Å². The van der Waals surface area contributed by atoms with E-state index in [2.05, 4.69) is 4.98 Å². The van der Waals surface area contributed by atoms with Gasteiger partial charge in [-0.1, -0.05) is 0 Å². The van der Waals surface area contributed by atoms with Gasteiger partial charge in [0.2, 0.25) is 5.50 Å². The van der Waals surface area contributed by atoms with Crippen molar-refractivity contribution in [2.24, 2.45) is 0 Å². The Morgan fingerprint density at radius 3 is 2.33 bits per heavy atom. The number of aromatic nitrogens is 1. The maximum Gasteiger partial charge on any atom is 0.269 e. The number of nitrogens with zero attached hydrogens (tertiary/aromatic N) is 1. The second-order valence-corrected chi connectivity index (χ2v) is 4.73. The Morgan fingerprint density at radius 2 is 1.92 bits per heavy atom. The molecule has 66 valence electrons. The summed E-state index contributed by atoms with van der Waals surface area (Å²) in [6.07, 6.45) is 2.59. The van der Waals surface area contributed by atoms with Crippen molar-refractivity contribution in [1.29, 1.82) is 0 Å². The first-order chi connectivity index (χ1) is 5.52. The lowest BCUT2D eigenvalue weighted by molar-refractivity contribution is 0.438. The molecule has 0 amide bonds. The van der Waals surface area contributed by atoms with Crippen molar-refractivity contribution < 1.29 is 12.8 Å². The van der Waals surface area contributed by atoms with E-state index in [-0.39, 0.29) is 5.56 Å². The fourth-order valence-electron chi connectivity index (χ4n) is 0.677. The number of pyridine rings is 1. The Labute approximate surface area is 73.6 Å². The Hall–Kier alpha value is -0.680. The van der Waals surface area contributed by atoms with Gasteiger partial charge in [-0.15, -0.1) is 0 Å². The number of rotatable bonds is 2. The van der Waals surface area contributed by atoms with E-state index in [4.69, 9.17) is 10.7 Å². The normalized spacial score (nSPS) is 14.2. The zero-order chi connectivity index (χ0) is 9.19. The predicted molar refractivity (Wildman–Crippen MR) is 42.9 cm³/mol. The lowest BCUT2D eigenvalue weighted by Gasteiger charge is -2.02. The highest BCUT2D eigenvalue weighted by molar-refractivity contribution is 8.13. The molecule has 0 aliphatic heterocycles. The quantitative estimate of drug-likeness (QED) is 0.696. The molecular formula is C6H5ClFNO2S. The summed E-state index contributed by atoms with van der Waals surface area (Å²) in [5, 5.41) is 0. The van der Waals surface area contributed by atoms with Gasteiger partial charge in [0, 0.05) is 28.6 Å². The van der Waals surface area contributed by atoms with E-state index < -0.39 is 14.6 Å². The molecule has 0 radical (unpaired) electrons. The van der Waals surface area contributed by atoms with Gasteiger partial charge in [-0.05, 0) is 12.1 Å². The number of alkyl halides is 1. The van der Waals surface area contributed by atoms with Gasteiger partial charge in [-0.3, -0.25) is 4.98 Å². The summed E-state index contributed by atoms with van der Waals surface area (Å²) < 4.78 is 33.9. The highest BCUT2D eigenvalue weighted by Gasteiger charge is 2.23. The van der Waals surface area contributed by atoms with Crippen LogP contribution in [0.4, 0.5) is 4.39 Å². The third-order valence-corrected chi connectivity index (χ3v) is 2.45. The molecular weight excluding hydrogens is 205 g/mol. The van der Waals surface area contributed by atoms with Crippen LogP contribution in [0.15, 0.2) is 24.5 Å². The van der Waals surface area contributed by atoms with Crippen molar-refractivity contribution in [2.75, 3.05) is 0 Å². The Bertz CT molecular complexity index is 353. The molecule has 1 unspecified atom stereocenters. The van der Waals surface area contributed by atoms with E-state index in [1.807, 2.05) is 0 Å². The van der Waals surface area contributed by atoms with Gasteiger partial charge in [0.1, 0.15) is 0 Å². The summed E-state index contributed by atoms with van der Waals surface area (Å²) in [6, 6.07) is 2.51. The first kappa shape index (κ1) is 9.41. The van der Waals surface area contributed by atoms with Crippen molar-refractivity contribution >= 4 is 19.7 Å². The topological polar surface area (TPSA) is 47.0 Å². The zero-order valence-electron chi connectivity index (χ0n) is 5.81. The highest BCUT2D eigenvalue weighted by Crippen LogP contribution is 2.25. The SMILES string of the molecule is O=S(=O)(Cl)C(F)c1ccncc1. The molecule has 1 heterocycles. The molecule has 0 aromatic carbocycles. The van der Waals surface area contributed by atoms with E-state index in [0.29, 0.717) is 0 Å². The molecule has 0 fully saturated rings. The summed E-state index contributed by atoms with van der Waals surface area (Å²) in [4.78, 5) is 3.61. The molecule has 0 bridgehead atoms. The molecule has 0 aliphatic rings. The maximum absolute atomic E-state index is 12.9.